The number of nitrogens with one attached hydrogen (secondary N) is 1. The number of carbonyl (C=O) groups is 1. The van der Waals surface area contributed by atoms with Crippen molar-refractivity contribution in [1.82, 2.24) is 4.98 Å². The van der Waals surface area contributed by atoms with E-state index in [0.717, 1.165) is 18.0 Å². The minimum atomic E-state index is -0.916. The number of benzene rings is 1. The monoisotopic (exact) mass is 413 g/mol. The number of halogens is 2. The maximum absolute atomic E-state index is 10.8. The summed E-state index contributed by atoms with van der Waals surface area (Å²) in [6, 6.07) is 5.81. The standard InChI is InChI=1S/C9H5I2NO2/c10-4-1-2-6-5(3-4)7(11)8(12-6)9(13)14/h1-3,12H,(H,13,14). The minimum absolute atomic E-state index is 0.266. The molecule has 72 valence electrons. The van der Waals surface area contributed by atoms with Gasteiger partial charge in [-0.05, 0) is 63.4 Å². The van der Waals surface area contributed by atoms with Crippen LogP contribution in [0.2, 0.25) is 0 Å². The lowest BCUT2D eigenvalue weighted by atomic mass is 10.2. The van der Waals surface area contributed by atoms with Gasteiger partial charge in [-0.2, -0.15) is 0 Å². The summed E-state index contributed by atoms with van der Waals surface area (Å²) in [6.45, 7) is 0. The Bertz CT molecular complexity index is 519. The highest BCUT2D eigenvalue weighted by Gasteiger charge is 2.14. The molecule has 0 saturated carbocycles. The fourth-order valence-corrected chi connectivity index (χ4v) is 2.58. The fourth-order valence-electron chi connectivity index (χ4n) is 1.28. The van der Waals surface area contributed by atoms with Crippen LogP contribution in [0.1, 0.15) is 10.5 Å². The number of H-pyrrole nitrogens is 1. The van der Waals surface area contributed by atoms with Crippen molar-refractivity contribution in [2.45, 2.75) is 0 Å². The molecule has 1 aromatic carbocycles. The van der Waals surface area contributed by atoms with Crippen LogP contribution in [-0.4, -0.2) is 16.1 Å². The van der Waals surface area contributed by atoms with Gasteiger partial charge in [0.15, 0.2) is 0 Å². The second-order valence-electron chi connectivity index (χ2n) is 2.81. The van der Waals surface area contributed by atoms with Gasteiger partial charge in [-0.15, -0.1) is 0 Å². The lowest BCUT2D eigenvalue weighted by molar-refractivity contribution is 0.0690. The third-order valence-corrected chi connectivity index (χ3v) is 3.70. The fraction of sp³-hybridized carbons (Fsp3) is 0. The number of aromatic carboxylic acids is 1. The summed E-state index contributed by atoms with van der Waals surface area (Å²) in [5.41, 5.74) is 1.13. The molecule has 0 unspecified atom stereocenters. The van der Waals surface area contributed by atoms with Crippen LogP contribution >= 0.6 is 45.2 Å². The third kappa shape index (κ3) is 1.62. The predicted molar refractivity (Wildman–Crippen MR) is 70.7 cm³/mol. The molecular formula is C9H5I2NO2. The maximum atomic E-state index is 10.8. The predicted octanol–water partition coefficient (Wildman–Crippen LogP) is 3.08. The van der Waals surface area contributed by atoms with Crippen molar-refractivity contribution in [3.63, 3.8) is 0 Å². The zero-order valence-corrected chi connectivity index (χ0v) is 11.2. The minimum Gasteiger partial charge on any atom is -0.477 e. The van der Waals surface area contributed by atoms with Crippen LogP contribution in [-0.2, 0) is 0 Å². The SMILES string of the molecule is O=C(O)c1[nH]c2ccc(I)cc2c1I. The summed E-state index contributed by atoms with van der Waals surface area (Å²) in [7, 11) is 0. The summed E-state index contributed by atoms with van der Waals surface area (Å²) in [5.74, 6) is -0.916. The second kappa shape index (κ2) is 3.69. The first kappa shape index (κ1) is 10.2. The van der Waals surface area contributed by atoms with E-state index >= 15 is 0 Å². The van der Waals surface area contributed by atoms with Crippen LogP contribution in [0.15, 0.2) is 18.2 Å². The Morgan fingerprint density at radius 1 is 1.36 bits per heavy atom. The van der Waals surface area contributed by atoms with E-state index in [9.17, 15) is 4.79 Å². The second-order valence-corrected chi connectivity index (χ2v) is 5.13. The molecule has 3 nitrogen and oxygen atoms in total. The Kier molecular flexibility index (Phi) is 2.69. The molecule has 0 aliphatic carbocycles. The molecular weight excluding hydrogens is 408 g/mol. The highest BCUT2D eigenvalue weighted by molar-refractivity contribution is 14.1. The molecule has 0 radical (unpaired) electrons. The van der Waals surface area contributed by atoms with Crippen molar-refractivity contribution in [2.24, 2.45) is 0 Å². The Balaban J connectivity index is 2.80. The van der Waals surface area contributed by atoms with Gasteiger partial charge in [-0.3, -0.25) is 0 Å². The lowest BCUT2D eigenvalue weighted by Crippen LogP contribution is -1.97. The number of aromatic amines is 1. The van der Waals surface area contributed by atoms with E-state index in [4.69, 9.17) is 5.11 Å². The van der Waals surface area contributed by atoms with Crippen LogP contribution in [0.3, 0.4) is 0 Å². The van der Waals surface area contributed by atoms with Crippen LogP contribution < -0.4 is 0 Å². The van der Waals surface area contributed by atoms with Crippen molar-refractivity contribution >= 4 is 62.1 Å². The normalized spacial score (nSPS) is 10.7. The van der Waals surface area contributed by atoms with Crippen LogP contribution in [0.5, 0.6) is 0 Å². The van der Waals surface area contributed by atoms with Crippen molar-refractivity contribution in [3.05, 3.63) is 31.0 Å². The molecule has 0 spiro atoms. The number of carboxylic acids is 1. The van der Waals surface area contributed by atoms with E-state index in [-0.39, 0.29) is 5.69 Å². The average Bonchev–Trinajstić information content (AvgIpc) is 2.44. The van der Waals surface area contributed by atoms with Gasteiger partial charge < -0.3 is 10.1 Å². The van der Waals surface area contributed by atoms with Crippen molar-refractivity contribution < 1.29 is 9.90 Å². The molecule has 0 atom stereocenters. The molecule has 0 aliphatic heterocycles. The molecule has 0 amide bonds. The number of hydrogen-bond donors (Lipinski definition) is 2. The van der Waals surface area contributed by atoms with Gasteiger partial charge in [0, 0.05) is 14.5 Å². The topological polar surface area (TPSA) is 53.1 Å². The van der Waals surface area contributed by atoms with E-state index in [2.05, 4.69) is 50.2 Å². The van der Waals surface area contributed by atoms with E-state index in [1.165, 1.54) is 0 Å². The first-order valence-corrected chi connectivity index (χ1v) is 5.95. The summed E-state index contributed by atoms with van der Waals surface area (Å²) in [6.07, 6.45) is 0. The maximum Gasteiger partial charge on any atom is 0.353 e. The molecule has 2 aromatic rings. The Labute approximate surface area is 107 Å². The van der Waals surface area contributed by atoms with Gasteiger partial charge >= 0.3 is 5.97 Å². The zero-order valence-electron chi connectivity index (χ0n) is 6.84. The largest absolute Gasteiger partial charge is 0.477 e. The van der Waals surface area contributed by atoms with Crippen molar-refractivity contribution in [2.75, 3.05) is 0 Å². The van der Waals surface area contributed by atoms with E-state index in [1.54, 1.807) is 0 Å². The van der Waals surface area contributed by atoms with E-state index in [1.807, 2.05) is 18.2 Å². The highest BCUT2D eigenvalue weighted by atomic mass is 127. The van der Waals surface area contributed by atoms with Crippen molar-refractivity contribution in [3.8, 4) is 0 Å². The van der Waals surface area contributed by atoms with Gasteiger partial charge in [-0.25, -0.2) is 4.79 Å². The molecule has 0 saturated heterocycles. The van der Waals surface area contributed by atoms with Gasteiger partial charge in [-0.1, -0.05) is 0 Å². The highest BCUT2D eigenvalue weighted by Crippen LogP contribution is 2.25. The molecule has 0 bridgehead atoms. The Morgan fingerprint density at radius 2 is 2.07 bits per heavy atom. The molecule has 14 heavy (non-hydrogen) atoms. The molecule has 5 heteroatoms. The van der Waals surface area contributed by atoms with Gasteiger partial charge in [0.25, 0.3) is 0 Å². The smallest absolute Gasteiger partial charge is 0.353 e. The summed E-state index contributed by atoms with van der Waals surface area (Å²) in [4.78, 5) is 13.7. The molecule has 1 heterocycles. The third-order valence-electron chi connectivity index (χ3n) is 1.91. The average molecular weight is 413 g/mol. The quantitative estimate of drug-likeness (QED) is 0.707. The molecule has 0 fully saturated rings. The van der Waals surface area contributed by atoms with Crippen molar-refractivity contribution in [1.29, 1.82) is 0 Å². The number of hydrogen-bond acceptors (Lipinski definition) is 1. The van der Waals surface area contributed by atoms with Crippen LogP contribution in [0.25, 0.3) is 10.9 Å². The lowest BCUT2D eigenvalue weighted by Gasteiger charge is -1.91. The molecule has 2 N–H and O–H groups in total. The van der Waals surface area contributed by atoms with E-state index in [0.29, 0.717) is 0 Å². The number of carboxylic acid groups (broad SMARTS) is 1. The zero-order chi connectivity index (χ0) is 10.3. The summed E-state index contributed by atoms with van der Waals surface area (Å²) >= 11 is 4.26. The molecule has 2 rings (SSSR count). The number of aromatic nitrogens is 1. The Hall–Kier alpha value is -0.310. The van der Waals surface area contributed by atoms with Gasteiger partial charge in [0.1, 0.15) is 5.69 Å². The first-order valence-electron chi connectivity index (χ1n) is 3.79. The van der Waals surface area contributed by atoms with Crippen LogP contribution in [0.4, 0.5) is 0 Å². The number of rotatable bonds is 1. The van der Waals surface area contributed by atoms with E-state index < -0.39 is 5.97 Å². The Morgan fingerprint density at radius 3 is 2.71 bits per heavy atom. The first-order chi connectivity index (χ1) is 6.59. The summed E-state index contributed by atoms with van der Waals surface area (Å²) in [5, 5.41) is 9.87. The number of fused-ring (bicyclic) bond motifs is 1. The summed E-state index contributed by atoms with van der Waals surface area (Å²) < 4.78 is 1.87. The molecule has 1 aromatic heterocycles. The van der Waals surface area contributed by atoms with Gasteiger partial charge in [0.2, 0.25) is 0 Å². The molecule has 0 aliphatic rings. The van der Waals surface area contributed by atoms with Crippen LogP contribution in [0, 0.1) is 7.14 Å². The van der Waals surface area contributed by atoms with Gasteiger partial charge in [0.05, 0.1) is 3.57 Å².